The number of carbonyl (C=O) groups excluding carboxylic acids is 1. The number of pyridine rings is 1. The number of hydrogen-bond acceptors (Lipinski definition) is 12. The minimum Gasteiger partial charge on any atom is -0.476 e. The molecule has 4 N–H and O–H groups in total. The summed E-state index contributed by atoms with van der Waals surface area (Å²) in [5.41, 5.74) is 6.32. The molecule has 3 aromatic rings. The molecule has 2 heterocycles. The van der Waals surface area contributed by atoms with Gasteiger partial charge in [0.15, 0.2) is 20.7 Å². The van der Waals surface area contributed by atoms with Crippen LogP contribution in [-0.4, -0.2) is 78.9 Å². The molecule has 14 heteroatoms. The summed E-state index contributed by atoms with van der Waals surface area (Å²) in [5, 5.41) is 17.0. The Hall–Kier alpha value is -3.17. The van der Waals surface area contributed by atoms with Crippen molar-refractivity contribution in [3.05, 3.63) is 42.0 Å². The number of nitrogens with two attached hydrogens (primary N) is 1. The van der Waals surface area contributed by atoms with Crippen LogP contribution in [0.2, 0.25) is 0 Å². The first-order valence-corrected chi connectivity index (χ1v) is 15.6. The number of aliphatic hydroxyl groups excluding tert-OH is 1. The summed E-state index contributed by atoms with van der Waals surface area (Å²) in [5.74, 6) is -0.263. The van der Waals surface area contributed by atoms with E-state index in [0.717, 1.165) is 11.3 Å². The standard InChI is InChI=1S/C27H35N5O7S2/c1-27(2,28)16-38-22-12-11-21-25(30-22)40-26(29-21)31-24(34)23(32-39-19-8-7-18(33)15-19)17-5-9-20(10-6-17)41(35,36)14-4-13-37-3/h5-6,9-12,18-19,33H,4,7-8,13-16,28H2,1-3H3,(H,29,31,34)/b32-23+/t18-,19-/m1/s1. The predicted molar refractivity (Wildman–Crippen MR) is 156 cm³/mol. The number of aromatic nitrogens is 2. The number of carbonyl (C=O) groups is 1. The third kappa shape index (κ3) is 8.66. The monoisotopic (exact) mass is 605 g/mol. The number of amides is 1. The molecule has 0 bridgehead atoms. The van der Waals surface area contributed by atoms with Crippen LogP contribution in [0.4, 0.5) is 5.13 Å². The van der Waals surface area contributed by atoms with Gasteiger partial charge < -0.3 is 25.2 Å². The molecule has 222 valence electrons. The van der Waals surface area contributed by atoms with Crippen LogP contribution >= 0.6 is 11.3 Å². The Morgan fingerprint density at radius 2 is 1.95 bits per heavy atom. The number of ether oxygens (including phenoxy) is 2. The number of hydrogen-bond donors (Lipinski definition) is 3. The van der Waals surface area contributed by atoms with Crippen LogP contribution in [0.3, 0.4) is 0 Å². The molecule has 0 saturated heterocycles. The lowest BCUT2D eigenvalue weighted by Crippen LogP contribution is -2.38. The Morgan fingerprint density at radius 3 is 2.61 bits per heavy atom. The number of thiazole rings is 1. The van der Waals surface area contributed by atoms with Gasteiger partial charge in [-0.05, 0) is 51.3 Å². The van der Waals surface area contributed by atoms with Crippen LogP contribution < -0.4 is 15.8 Å². The van der Waals surface area contributed by atoms with Gasteiger partial charge in [-0.25, -0.2) is 18.4 Å². The molecular formula is C27H35N5O7S2. The largest absolute Gasteiger partial charge is 0.476 e. The van der Waals surface area contributed by atoms with Crippen LogP contribution in [0.25, 0.3) is 10.3 Å². The van der Waals surface area contributed by atoms with Gasteiger partial charge >= 0.3 is 0 Å². The Bertz CT molecular complexity index is 1480. The van der Waals surface area contributed by atoms with E-state index < -0.39 is 27.4 Å². The van der Waals surface area contributed by atoms with E-state index in [4.69, 9.17) is 20.0 Å². The van der Waals surface area contributed by atoms with Crippen molar-refractivity contribution in [3.63, 3.8) is 0 Å². The number of fused-ring (bicyclic) bond motifs is 1. The highest BCUT2D eigenvalue weighted by Crippen LogP contribution is 2.27. The van der Waals surface area contributed by atoms with E-state index in [1.54, 1.807) is 12.1 Å². The van der Waals surface area contributed by atoms with Crippen LogP contribution in [0.15, 0.2) is 46.4 Å². The molecule has 1 amide bonds. The van der Waals surface area contributed by atoms with Gasteiger partial charge in [0.25, 0.3) is 5.91 Å². The van der Waals surface area contributed by atoms with Crippen molar-refractivity contribution in [1.82, 2.24) is 9.97 Å². The number of rotatable bonds is 13. The smallest absolute Gasteiger partial charge is 0.280 e. The van der Waals surface area contributed by atoms with Gasteiger partial charge in [-0.15, -0.1) is 0 Å². The predicted octanol–water partition coefficient (Wildman–Crippen LogP) is 2.89. The number of anilines is 1. The molecule has 41 heavy (non-hydrogen) atoms. The van der Waals surface area contributed by atoms with Gasteiger partial charge in [0, 0.05) is 37.3 Å². The average Bonchev–Trinajstić information content (AvgIpc) is 3.52. The highest BCUT2D eigenvalue weighted by molar-refractivity contribution is 7.91. The fourth-order valence-corrected chi connectivity index (χ4v) is 6.16. The molecule has 0 radical (unpaired) electrons. The molecule has 1 aromatic carbocycles. The second kappa shape index (κ2) is 13.2. The summed E-state index contributed by atoms with van der Waals surface area (Å²) in [6.45, 7) is 4.31. The molecule has 2 aromatic heterocycles. The molecule has 1 aliphatic carbocycles. The van der Waals surface area contributed by atoms with Gasteiger partial charge in [0.1, 0.15) is 23.1 Å². The summed E-state index contributed by atoms with van der Waals surface area (Å²) >= 11 is 1.16. The third-order valence-corrected chi connectivity index (χ3v) is 8.85. The van der Waals surface area contributed by atoms with Crippen LogP contribution in [0.1, 0.15) is 45.1 Å². The lowest BCUT2D eigenvalue weighted by Gasteiger charge is -2.18. The van der Waals surface area contributed by atoms with Crippen LogP contribution in [0, 0.1) is 0 Å². The van der Waals surface area contributed by atoms with Gasteiger partial charge in [0.2, 0.25) is 5.88 Å². The van der Waals surface area contributed by atoms with E-state index in [0.29, 0.717) is 54.1 Å². The van der Waals surface area contributed by atoms with Crippen molar-refractivity contribution < 1.29 is 32.6 Å². The topological polar surface area (TPSA) is 175 Å². The van der Waals surface area contributed by atoms with E-state index in [1.807, 2.05) is 13.8 Å². The van der Waals surface area contributed by atoms with Crippen molar-refractivity contribution in [3.8, 4) is 5.88 Å². The second-order valence-corrected chi connectivity index (χ2v) is 13.6. The van der Waals surface area contributed by atoms with E-state index in [9.17, 15) is 18.3 Å². The molecule has 0 aliphatic heterocycles. The molecule has 1 saturated carbocycles. The molecular weight excluding hydrogens is 570 g/mol. The fraction of sp³-hybridized carbons (Fsp3) is 0.481. The number of benzene rings is 1. The average molecular weight is 606 g/mol. The molecule has 0 unspecified atom stereocenters. The maximum Gasteiger partial charge on any atom is 0.280 e. The number of nitrogens with zero attached hydrogens (tertiary/aromatic N) is 3. The number of sulfone groups is 1. The lowest BCUT2D eigenvalue weighted by atomic mass is 10.1. The minimum absolute atomic E-state index is 0.0584. The first-order valence-electron chi connectivity index (χ1n) is 13.2. The maximum atomic E-state index is 13.4. The van der Waals surface area contributed by atoms with E-state index in [2.05, 4.69) is 20.4 Å². The highest BCUT2D eigenvalue weighted by Gasteiger charge is 2.26. The van der Waals surface area contributed by atoms with E-state index in [-0.39, 0.29) is 34.2 Å². The first kappa shape index (κ1) is 30.8. The summed E-state index contributed by atoms with van der Waals surface area (Å²) in [6.07, 6.45) is 1.16. The van der Waals surface area contributed by atoms with Crippen LogP contribution in [-0.2, 0) is 24.2 Å². The van der Waals surface area contributed by atoms with Crippen molar-refractivity contribution in [2.24, 2.45) is 10.9 Å². The Balaban J connectivity index is 1.54. The molecule has 2 atom stereocenters. The van der Waals surface area contributed by atoms with Crippen molar-refractivity contribution in [2.45, 2.75) is 62.2 Å². The van der Waals surface area contributed by atoms with Crippen molar-refractivity contribution >= 4 is 48.3 Å². The van der Waals surface area contributed by atoms with Gasteiger partial charge in [0.05, 0.1) is 16.8 Å². The number of nitrogens with one attached hydrogen (secondary N) is 1. The summed E-state index contributed by atoms with van der Waals surface area (Å²) in [7, 11) is -2.00. The van der Waals surface area contributed by atoms with Crippen molar-refractivity contribution in [2.75, 3.05) is 31.4 Å². The molecule has 1 fully saturated rings. The third-order valence-electron chi connectivity index (χ3n) is 6.16. The maximum absolute atomic E-state index is 13.4. The zero-order chi connectivity index (χ0) is 29.6. The quantitative estimate of drug-likeness (QED) is 0.149. The van der Waals surface area contributed by atoms with Gasteiger partial charge in [-0.1, -0.05) is 28.6 Å². The lowest BCUT2D eigenvalue weighted by molar-refractivity contribution is -0.110. The second-order valence-electron chi connectivity index (χ2n) is 10.5. The Kier molecular flexibility index (Phi) is 9.92. The zero-order valence-electron chi connectivity index (χ0n) is 23.2. The molecule has 4 rings (SSSR count). The van der Waals surface area contributed by atoms with Crippen LogP contribution in [0.5, 0.6) is 5.88 Å². The van der Waals surface area contributed by atoms with Gasteiger partial charge in [-0.2, -0.15) is 0 Å². The number of methoxy groups -OCH3 is 1. The van der Waals surface area contributed by atoms with Gasteiger partial charge in [-0.3, -0.25) is 10.1 Å². The van der Waals surface area contributed by atoms with E-state index in [1.165, 1.54) is 31.4 Å². The molecule has 1 aliphatic rings. The number of aliphatic hydroxyl groups is 1. The fourth-order valence-electron chi connectivity index (χ4n) is 4.05. The Labute approximate surface area is 242 Å². The zero-order valence-corrected chi connectivity index (χ0v) is 24.8. The summed E-state index contributed by atoms with van der Waals surface area (Å²) < 4.78 is 35.9. The number of oxime groups is 1. The first-order chi connectivity index (χ1) is 19.4. The van der Waals surface area contributed by atoms with E-state index >= 15 is 0 Å². The highest BCUT2D eigenvalue weighted by atomic mass is 32.2. The SMILES string of the molecule is COCCCS(=O)(=O)c1ccc(/C(=N\O[C@@H]2CC[C@@H](O)C2)C(=O)Nc2nc3ccc(OCC(C)(C)N)nc3s2)cc1. The minimum atomic E-state index is -3.52. The molecule has 0 spiro atoms. The summed E-state index contributed by atoms with van der Waals surface area (Å²) in [4.78, 5) is 28.6. The summed E-state index contributed by atoms with van der Waals surface area (Å²) in [6, 6.07) is 9.31. The molecule has 12 nitrogen and oxygen atoms in total. The van der Waals surface area contributed by atoms with Crippen molar-refractivity contribution in [1.29, 1.82) is 0 Å². The normalized spacial score (nSPS) is 18.0. The Morgan fingerprint density at radius 1 is 1.20 bits per heavy atom.